The van der Waals surface area contributed by atoms with Crippen molar-refractivity contribution in [3.63, 3.8) is 0 Å². The topological polar surface area (TPSA) is 67.9 Å². The first-order chi connectivity index (χ1) is 11.5. The first kappa shape index (κ1) is 17.8. The van der Waals surface area contributed by atoms with Crippen LogP contribution in [0.4, 0.5) is 0 Å². The summed E-state index contributed by atoms with van der Waals surface area (Å²) in [5.74, 6) is 1.81. The third-order valence-corrected chi connectivity index (χ3v) is 3.62. The van der Waals surface area contributed by atoms with Crippen LogP contribution in [0.2, 0.25) is 5.02 Å². The molecule has 8 heteroatoms. The van der Waals surface area contributed by atoms with Gasteiger partial charge in [-0.2, -0.15) is 0 Å². The van der Waals surface area contributed by atoms with Gasteiger partial charge >= 0.3 is 5.97 Å². The van der Waals surface area contributed by atoms with Gasteiger partial charge in [0.15, 0.2) is 5.11 Å². The minimum Gasteiger partial charge on any atom is -0.480 e. The second kappa shape index (κ2) is 7.81. The number of nitrogens with zero attached hydrogens (tertiary/aromatic N) is 1. The normalized spacial score (nSPS) is 15.2. The molecule has 1 heterocycles. The Hall–Kier alpha value is -2.56. The number of rotatable bonds is 5. The van der Waals surface area contributed by atoms with Crippen LogP contribution in [-0.2, 0) is 14.3 Å². The molecule has 0 radical (unpaired) electrons. The average molecular weight is 365 g/mol. The molecule has 0 spiro atoms. The molecule has 6 nitrogen and oxygen atoms in total. The summed E-state index contributed by atoms with van der Waals surface area (Å²) in [5, 5.41) is 3.34. The lowest BCUT2D eigenvalue weighted by atomic mass is 10.1. The fourth-order valence-corrected chi connectivity index (χ4v) is 2.39. The molecular weight excluding hydrogens is 352 g/mol. The Morgan fingerprint density at radius 1 is 1.54 bits per heavy atom. The quantitative estimate of drug-likeness (QED) is 0.370. The third kappa shape index (κ3) is 4.04. The van der Waals surface area contributed by atoms with Gasteiger partial charge in [0.1, 0.15) is 24.6 Å². The van der Waals surface area contributed by atoms with Crippen LogP contribution in [0.1, 0.15) is 5.56 Å². The summed E-state index contributed by atoms with van der Waals surface area (Å²) in [6.07, 6.45) is 6.72. The number of terminal acetylenes is 1. The minimum atomic E-state index is -0.574. The largest absolute Gasteiger partial charge is 0.480 e. The Morgan fingerprint density at radius 3 is 2.96 bits per heavy atom. The molecule has 1 aromatic rings. The van der Waals surface area contributed by atoms with Crippen molar-refractivity contribution in [3.8, 4) is 18.1 Å². The lowest BCUT2D eigenvalue weighted by Gasteiger charge is -2.11. The Morgan fingerprint density at radius 2 is 2.29 bits per heavy atom. The van der Waals surface area contributed by atoms with Gasteiger partial charge in [0.2, 0.25) is 0 Å². The highest BCUT2D eigenvalue weighted by Gasteiger charge is 2.32. The molecule has 0 bridgehead atoms. The van der Waals surface area contributed by atoms with E-state index in [2.05, 4.69) is 16.0 Å². The maximum atomic E-state index is 12.4. The first-order valence-electron chi connectivity index (χ1n) is 6.73. The van der Waals surface area contributed by atoms with E-state index in [4.69, 9.17) is 35.0 Å². The Labute approximate surface area is 149 Å². The van der Waals surface area contributed by atoms with Crippen LogP contribution in [0, 0.1) is 12.3 Å². The molecule has 0 aromatic heterocycles. The van der Waals surface area contributed by atoms with E-state index in [1.807, 2.05) is 0 Å². The van der Waals surface area contributed by atoms with Crippen LogP contribution in [-0.4, -0.2) is 42.2 Å². The zero-order valence-electron chi connectivity index (χ0n) is 12.7. The van der Waals surface area contributed by atoms with E-state index in [0.717, 1.165) is 4.90 Å². The van der Waals surface area contributed by atoms with Crippen LogP contribution < -0.4 is 10.1 Å². The van der Waals surface area contributed by atoms with Crippen LogP contribution >= 0.6 is 23.8 Å². The molecule has 0 aliphatic carbocycles. The molecule has 1 fully saturated rings. The number of methoxy groups -OCH3 is 1. The van der Waals surface area contributed by atoms with Crippen molar-refractivity contribution in [2.45, 2.75) is 0 Å². The molecule has 0 saturated carbocycles. The fraction of sp³-hybridized carbons (Fsp3) is 0.188. The van der Waals surface area contributed by atoms with E-state index in [1.54, 1.807) is 18.2 Å². The predicted octanol–water partition coefficient (Wildman–Crippen LogP) is 1.58. The SMILES string of the molecule is C#CCOc1ccc(Cl)cc1/C=C1\NC(=S)N(CC(=O)OC)C1=O. The molecule has 24 heavy (non-hydrogen) atoms. The lowest BCUT2D eigenvalue weighted by Crippen LogP contribution is -2.35. The highest BCUT2D eigenvalue weighted by atomic mass is 35.5. The van der Waals surface area contributed by atoms with Gasteiger partial charge in [-0.25, -0.2) is 0 Å². The van der Waals surface area contributed by atoms with E-state index in [1.165, 1.54) is 13.2 Å². The van der Waals surface area contributed by atoms with Crippen molar-refractivity contribution in [2.24, 2.45) is 0 Å². The number of amides is 1. The van der Waals surface area contributed by atoms with E-state index < -0.39 is 11.9 Å². The summed E-state index contributed by atoms with van der Waals surface area (Å²) < 4.78 is 9.97. The number of nitrogens with one attached hydrogen (secondary N) is 1. The van der Waals surface area contributed by atoms with Gasteiger partial charge in [-0.3, -0.25) is 14.5 Å². The van der Waals surface area contributed by atoms with Gasteiger partial charge in [0.05, 0.1) is 7.11 Å². The molecule has 1 aromatic carbocycles. The minimum absolute atomic E-state index is 0.0755. The Balaban J connectivity index is 2.30. The molecule has 1 aliphatic heterocycles. The van der Waals surface area contributed by atoms with E-state index in [9.17, 15) is 9.59 Å². The molecule has 1 N–H and O–H groups in total. The van der Waals surface area contributed by atoms with Gasteiger partial charge in [-0.1, -0.05) is 17.5 Å². The second-order valence-corrected chi connectivity index (χ2v) is 5.45. The maximum absolute atomic E-state index is 12.4. The molecular formula is C16H13ClN2O4S. The number of hydrogen-bond acceptors (Lipinski definition) is 5. The van der Waals surface area contributed by atoms with Gasteiger partial charge < -0.3 is 14.8 Å². The summed E-state index contributed by atoms with van der Waals surface area (Å²) in [6.45, 7) is -0.194. The smallest absolute Gasteiger partial charge is 0.325 e. The molecule has 1 saturated heterocycles. The predicted molar refractivity (Wildman–Crippen MR) is 93.2 cm³/mol. The van der Waals surface area contributed by atoms with Crippen molar-refractivity contribution < 1.29 is 19.1 Å². The Bertz CT molecular complexity index is 770. The number of carbonyl (C=O) groups is 2. The van der Waals surface area contributed by atoms with Gasteiger partial charge in [-0.15, -0.1) is 6.42 Å². The molecule has 1 aliphatic rings. The van der Waals surface area contributed by atoms with E-state index in [0.29, 0.717) is 16.3 Å². The van der Waals surface area contributed by atoms with E-state index >= 15 is 0 Å². The van der Waals surface area contributed by atoms with Gasteiger partial charge in [0.25, 0.3) is 5.91 Å². The number of thiocarbonyl (C=S) groups is 1. The molecule has 124 valence electrons. The third-order valence-electron chi connectivity index (χ3n) is 3.06. The monoisotopic (exact) mass is 364 g/mol. The maximum Gasteiger partial charge on any atom is 0.325 e. The fourth-order valence-electron chi connectivity index (χ4n) is 1.95. The number of hydrogen-bond donors (Lipinski definition) is 1. The molecule has 1 amide bonds. The first-order valence-corrected chi connectivity index (χ1v) is 7.52. The standard InChI is InChI=1S/C16H13ClN2O4S/c1-3-6-23-13-5-4-11(17)7-10(13)8-12-15(21)19(16(24)18-12)9-14(20)22-2/h1,4-5,7-8H,6,9H2,2H3,(H,18,24)/b12-8-. The van der Waals surface area contributed by atoms with Crippen molar-refractivity contribution in [3.05, 3.63) is 34.5 Å². The van der Waals surface area contributed by atoms with Gasteiger partial charge in [0, 0.05) is 10.6 Å². The summed E-state index contributed by atoms with van der Waals surface area (Å²) in [4.78, 5) is 24.8. The number of esters is 1. The lowest BCUT2D eigenvalue weighted by molar-refractivity contribution is -0.143. The zero-order valence-corrected chi connectivity index (χ0v) is 14.2. The summed E-state index contributed by atoms with van der Waals surface area (Å²) >= 11 is 11.1. The van der Waals surface area contributed by atoms with Crippen molar-refractivity contribution in [1.82, 2.24) is 10.2 Å². The summed E-state index contributed by atoms with van der Waals surface area (Å²) in [7, 11) is 1.23. The second-order valence-electron chi connectivity index (χ2n) is 4.63. The van der Waals surface area contributed by atoms with Crippen LogP contribution in [0.5, 0.6) is 5.75 Å². The molecule has 0 unspecified atom stereocenters. The van der Waals surface area contributed by atoms with Crippen molar-refractivity contribution >= 4 is 46.9 Å². The average Bonchev–Trinajstić information content (AvgIpc) is 2.81. The summed E-state index contributed by atoms with van der Waals surface area (Å²) in [6, 6.07) is 4.92. The summed E-state index contributed by atoms with van der Waals surface area (Å²) in [5.41, 5.74) is 0.744. The molecule has 2 rings (SSSR count). The van der Waals surface area contributed by atoms with Crippen LogP contribution in [0.25, 0.3) is 6.08 Å². The number of ether oxygens (including phenoxy) is 2. The number of carbonyl (C=O) groups excluding carboxylic acids is 2. The number of halogens is 1. The zero-order chi connectivity index (χ0) is 17.7. The molecule has 0 atom stereocenters. The van der Waals surface area contributed by atoms with E-state index in [-0.39, 0.29) is 24.0 Å². The van der Waals surface area contributed by atoms with Crippen molar-refractivity contribution in [1.29, 1.82) is 0 Å². The highest BCUT2D eigenvalue weighted by molar-refractivity contribution is 7.80. The van der Waals surface area contributed by atoms with Crippen LogP contribution in [0.3, 0.4) is 0 Å². The highest BCUT2D eigenvalue weighted by Crippen LogP contribution is 2.26. The number of benzene rings is 1. The van der Waals surface area contributed by atoms with Crippen LogP contribution in [0.15, 0.2) is 23.9 Å². The van der Waals surface area contributed by atoms with Crippen molar-refractivity contribution in [2.75, 3.05) is 20.3 Å². The van der Waals surface area contributed by atoms with Gasteiger partial charge in [-0.05, 0) is 36.5 Å². The Kier molecular flexibility index (Phi) is 5.79.